The van der Waals surface area contributed by atoms with Crippen LogP contribution in [0.5, 0.6) is 11.5 Å². The van der Waals surface area contributed by atoms with Gasteiger partial charge in [0.25, 0.3) is 5.91 Å². The predicted molar refractivity (Wildman–Crippen MR) is 94.2 cm³/mol. The molecule has 0 fully saturated rings. The van der Waals surface area contributed by atoms with E-state index < -0.39 is 5.91 Å². The van der Waals surface area contributed by atoms with E-state index in [0.29, 0.717) is 24.7 Å². The number of para-hydroxylation sites is 2. The monoisotopic (exact) mass is 342 g/mol. The van der Waals surface area contributed by atoms with Gasteiger partial charge in [-0.3, -0.25) is 9.59 Å². The van der Waals surface area contributed by atoms with Crippen molar-refractivity contribution in [1.29, 1.82) is 0 Å². The molecule has 2 aromatic carbocycles. The van der Waals surface area contributed by atoms with E-state index in [1.165, 1.54) is 4.90 Å². The number of nitrogens with two attached hydrogens (primary N) is 1. The number of carbonyl (C=O) groups excluding carboxylic acids is 2. The maximum Gasteiger partial charge on any atom is 0.261 e. The molecule has 0 aromatic heterocycles. The first kappa shape index (κ1) is 18.3. The highest BCUT2D eigenvalue weighted by atomic mass is 16.5. The zero-order valence-electron chi connectivity index (χ0n) is 14.2. The molecule has 132 valence electrons. The fraction of sp³-hybridized carbons (Fsp3) is 0.263. The Kier molecular flexibility index (Phi) is 6.83. The van der Waals surface area contributed by atoms with Crippen LogP contribution in [0.3, 0.4) is 0 Å². The fourth-order valence-corrected chi connectivity index (χ4v) is 2.30. The molecule has 0 aliphatic rings. The van der Waals surface area contributed by atoms with Gasteiger partial charge < -0.3 is 20.1 Å². The van der Waals surface area contributed by atoms with Crippen molar-refractivity contribution in [1.82, 2.24) is 4.90 Å². The van der Waals surface area contributed by atoms with Gasteiger partial charge in [0, 0.05) is 6.54 Å². The van der Waals surface area contributed by atoms with Gasteiger partial charge in [-0.25, -0.2) is 0 Å². The lowest BCUT2D eigenvalue weighted by Crippen LogP contribution is -2.40. The Morgan fingerprint density at radius 1 is 0.960 bits per heavy atom. The molecule has 6 nitrogen and oxygen atoms in total. The van der Waals surface area contributed by atoms with Crippen LogP contribution in [-0.4, -0.2) is 36.5 Å². The minimum atomic E-state index is -0.570. The third-order valence-electron chi connectivity index (χ3n) is 3.42. The van der Waals surface area contributed by atoms with Gasteiger partial charge in [-0.2, -0.15) is 0 Å². The van der Waals surface area contributed by atoms with Gasteiger partial charge in [-0.1, -0.05) is 42.5 Å². The summed E-state index contributed by atoms with van der Waals surface area (Å²) < 4.78 is 11.0. The molecule has 0 aliphatic carbocycles. The van der Waals surface area contributed by atoms with E-state index in [0.717, 1.165) is 5.56 Å². The summed E-state index contributed by atoms with van der Waals surface area (Å²) in [7, 11) is 0. The molecule has 2 amide bonds. The van der Waals surface area contributed by atoms with Gasteiger partial charge in [0.05, 0.1) is 13.2 Å². The second-order valence-corrected chi connectivity index (χ2v) is 5.37. The Morgan fingerprint density at radius 3 is 2.16 bits per heavy atom. The van der Waals surface area contributed by atoms with E-state index in [4.69, 9.17) is 15.2 Å². The van der Waals surface area contributed by atoms with Gasteiger partial charge >= 0.3 is 0 Å². The van der Waals surface area contributed by atoms with Gasteiger partial charge in [-0.05, 0) is 24.6 Å². The van der Waals surface area contributed by atoms with Gasteiger partial charge in [0.2, 0.25) is 5.91 Å². The average Bonchev–Trinajstić information content (AvgIpc) is 2.61. The lowest BCUT2D eigenvalue weighted by Gasteiger charge is -2.21. The number of hydrogen-bond donors (Lipinski definition) is 1. The average molecular weight is 342 g/mol. The standard InChI is InChI=1S/C19H22N2O4/c1-2-24-16-10-6-7-11-17(16)25-14-19(23)21(13-18(20)22)12-15-8-4-3-5-9-15/h3-11H,2,12-14H2,1H3,(H2,20,22). The molecular weight excluding hydrogens is 320 g/mol. The zero-order valence-corrected chi connectivity index (χ0v) is 14.2. The molecule has 0 atom stereocenters. The van der Waals surface area contributed by atoms with Crippen molar-refractivity contribution in [2.24, 2.45) is 5.73 Å². The van der Waals surface area contributed by atoms with E-state index in [2.05, 4.69) is 0 Å². The molecule has 0 spiro atoms. The SMILES string of the molecule is CCOc1ccccc1OCC(=O)N(CC(N)=O)Cc1ccccc1. The van der Waals surface area contributed by atoms with Gasteiger partial charge in [0.15, 0.2) is 18.1 Å². The topological polar surface area (TPSA) is 81.9 Å². The Hall–Kier alpha value is -3.02. The summed E-state index contributed by atoms with van der Waals surface area (Å²) in [5.41, 5.74) is 6.17. The molecule has 0 heterocycles. The van der Waals surface area contributed by atoms with Crippen molar-refractivity contribution in [3.8, 4) is 11.5 Å². The highest BCUT2D eigenvalue weighted by Crippen LogP contribution is 2.26. The second kappa shape index (κ2) is 9.32. The molecule has 2 aromatic rings. The minimum absolute atomic E-state index is 0.163. The van der Waals surface area contributed by atoms with Crippen LogP contribution >= 0.6 is 0 Å². The quantitative estimate of drug-likeness (QED) is 0.755. The first-order valence-electron chi connectivity index (χ1n) is 8.04. The van der Waals surface area contributed by atoms with Crippen LogP contribution in [0.25, 0.3) is 0 Å². The highest BCUT2D eigenvalue weighted by molar-refractivity contribution is 5.84. The van der Waals surface area contributed by atoms with Crippen molar-refractivity contribution in [2.45, 2.75) is 13.5 Å². The Labute approximate surface area is 147 Å². The number of ether oxygens (including phenoxy) is 2. The number of carbonyl (C=O) groups is 2. The first-order chi connectivity index (χ1) is 12.1. The molecule has 25 heavy (non-hydrogen) atoms. The Balaban J connectivity index is 2.03. The van der Waals surface area contributed by atoms with Crippen LogP contribution in [0, 0.1) is 0 Å². The number of nitrogens with zero attached hydrogens (tertiary/aromatic N) is 1. The van der Waals surface area contributed by atoms with E-state index in [1.54, 1.807) is 18.2 Å². The third kappa shape index (κ3) is 5.84. The van der Waals surface area contributed by atoms with Crippen LogP contribution in [0.4, 0.5) is 0 Å². The largest absolute Gasteiger partial charge is 0.490 e. The maximum absolute atomic E-state index is 12.5. The van der Waals surface area contributed by atoms with E-state index in [9.17, 15) is 9.59 Å². The number of rotatable bonds is 9. The lowest BCUT2D eigenvalue weighted by atomic mass is 10.2. The minimum Gasteiger partial charge on any atom is -0.490 e. The zero-order chi connectivity index (χ0) is 18.1. The lowest BCUT2D eigenvalue weighted by molar-refractivity contribution is -0.137. The summed E-state index contributed by atoms with van der Waals surface area (Å²) in [6.07, 6.45) is 0. The molecule has 0 aliphatic heterocycles. The van der Waals surface area contributed by atoms with Crippen LogP contribution in [0.2, 0.25) is 0 Å². The summed E-state index contributed by atoms with van der Waals surface area (Å²) in [6.45, 7) is 2.29. The highest BCUT2D eigenvalue weighted by Gasteiger charge is 2.17. The number of amides is 2. The predicted octanol–water partition coefficient (Wildman–Crippen LogP) is 1.98. The van der Waals surface area contributed by atoms with Crippen molar-refractivity contribution in [3.05, 3.63) is 60.2 Å². The first-order valence-corrected chi connectivity index (χ1v) is 8.04. The maximum atomic E-state index is 12.5. The molecule has 6 heteroatoms. The summed E-state index contributed by atoms with van der Waals surface area (Å²) in [5, 5.41) is 0. The van der Waals surface area contributed by atoms with E-state index in [1.807, 2.05) is 43.3 Å². The van der Waals surface area contributed by atoms with Crippen LogP contribution < -0.4 is 15.2 Å². The van der Waals surface area contributed by atoms with Crippen molar-refractivity contribution in [3.63, 3.8) is 0 Å². The number of benzene rings is 2. The fourth-order valence-electron chi connectivity index (χ4n) is 2.30. The van der Waals surface area contributed by atoms with Gasteiger partial charge in [0.1, 0.15) is 0 Å². The Bertz CT molecular complexity index is 704. The molecule has 0 saturated carbocycles. The smallest absolute Gasteiger partial charge is 0.261 e. The molecule has 0 unspecified atom stereocenters. The van der Waals surface area contributed by atoms with Crippen molar-refractivity contribution < 1.29 is 19.1 Å². The normalized spacial score (nSPS) is 10.1. The third-order valence-corrected chi connectivity index (χ3v) is 3.42. The molecule has 0 saturated heterocycles. The van der Waals surface area contributed by atoms with Crippen molar-refractivity contribution >= 4 is 11.8 Å². The summed E-state index contributed by atoms with van der Waals surface area (Å²) >= 11 is 0. The van der Waals surface area contributed by atoms with Crippen LogP contribution in [-0.2, 0) is 16.1 Å². The molecular formula is C19H22N2O4. The molecule has 2 N–H and O–H groups in total. The molecule has 0 radical (unpaired) electrons. The summed E-state index contributed by atoms with van der Waals surface area (Å²) in [4.78, 5) is 25.1. The second-order valence-electron chi connectivity index (χ2n) is 5.37. The summed E-state index contributed by atoms with van der Waals surface area (Å²) in [6, 6.07) is 16.5. The number of primary amides is 1. The van der Waals surface area contributed by atoms with Crippen LogP contribution in [0.1, 0.15) is 12.5 Å². The number of hydrogen-bond acceptors (Lipinski definition) is 4. The molecule has 0 bridgehead atoms. The van der Waals surface area contributed by atoms with Crippen LogP contribution in [0.15, 0.2) is 54.6 Å². The summed E-state index contributed by atoms with van der Waals surface area (Å²) in [5.74, 6) is 0.159. The molecule has 2 rings (SSSR count). The van der Waals surface area contributed by atoms with Gasteiger partial charge in [-0.15, -0.1) is 0 Å². The van der Waals surface area contributed by atoms with E-state index >= 15 is 0 Å². The van der Waals surface area contributed by atoms with E-state index in [-0.39, 0.29) is 19.1 Å². The Morgan fingerprint density at radius 2 is 1.56 bits per heavy atom. The van der Waals surface area contributed by atoms with Crippen molar-refractivity contribution in [2.75, 3.05) is 19.8 Å².